The van der Waals surface area contributed by atoms with Gasteiger partial charge >= 0.3 is 6.03 Å². The second kappa shape index (κ2) is 9.07. The normalized spacial score (nSPS) is 25.0. The van der Waals surface area contributed by atoms with Gasteiger partial charge in [0.1, 0.15) is 0 Å². The van der Waals surface area contributed by atoms with Crippen LogP contribution in [0, 0.1) is 5.41 Å². The molecule has 2 N–H and O–H groups in total. The molecule has 5 heteroatoms. The first-order chi connectivity index (χ1) is 13.0. The van der Waals surface area contributed by atoms with Crippen molar-refractivity contribution in [2.24, 2.45) is 5.41 Å². The van der Waals surface area contributed by atoms with Gasteiger partial charge in [0.25, 0.3) is 0 Å². The van der Waals surface area contributed by atoms with Crippen LogP contribution in [-0.4, -0.2) is 65.8 Å². The van der Waals surface area contributed by atoms with E-state index >= 15 is 0 Å². The maximum absolute atomic E-state index is 12.9. The number of rotatable bonds is 5. The lowest BCUT2D eigenvalue weighted by molar-refractivity contribution is 0.0456. The molecule has 2 fully saturated rings. The highest BCUT2D eigenvalue weighted by atomic mass is 16.3. The monoisotopic (exact) mass is 373 g/mol. The smallest absolute Gasteiger partial charge is 0.317 e. The fraction of sp³-hybridized carbons (Fsp3) is 0.682. The first kappa shape index (κ1) is 20.2. The van der Waals surface area contributed by atoms with Gasteiger partial charge in [-0.1, -0.05) is 30.3 Å². The van der Waals surface area contributed by atoms with Crippen LogP contribution in [0.4, 0.5) is 4.79 Å². The minimum absolute atomic E-state index is 0.0450. The first-order valence-corrected chi connectivity index (χ1v) is 10.5. The lowest BCUT2D eigenvalue weighted by atomic mass is 9.76. The molecule has 150 valence electrons. The molecule has 0 radical (unpaired) electrons. The van der Waals surface area contributed by atoms with Gasteiger partial charge in [-0.25, -0.2) is 4.79 Å². The molecule has 1 aromatic rings. The van der Waals surface area contributed by atoms with Crippen LogP contribution in [-0.2, 0) is 6.42 Å². The molecular formula is C22H35N3O2. The first-order valence-electron chi connectivity index (χ1n) is 10.5. The molecule has 0 aromatic heterocycles. The predicted molar refractivity (Wildman–Crippen MR) is 109 cm³/mol. The summed E-state index contributed by atoms with van der Waals surface area (Å²) in [5, 5.41) is 13.4. The van der Waals surface area contributed by atoms with Crippen LogP contribution in [0.15, 0.2) is 30.3 Å². The number of piperidine rings is 2. The number of nitrogens with zero attached hydrogens (tertiary/aromatic N) is 2. The summed E-state index contributed by atoms with van der Waals surface area (Å²) in [5.41, 5.74) is 1.01. The van der Waals surface area contributed by atoms with Gasteiger partial charge in [0, 0.05) is 43.7 Å². The van der Waals surface area contributed by atoms with Crippen LogP contribution in [0.1, 0.15) is 45.1 Å². The van der Waals surface area contributed by atoms with E-state index in [4.69, 9.17) is 0 Å². The van der Waals surface area contributed by atoms with E-state index in [1.807, 2.05) is 23.1 Å². The number of benzene rings is 1. The van der Waals surface area contributed by atoms with Gasteiger partial charge in [-0.15, -0.1) is 0 Å². The van der Waals surface area contributed by atoms with E-state index in [0.717, 1.165) is 51.7 Å². The Morgan fingerprint density at radius 3 is 2.56 bits per heavy atom. The maximum Gasteiger partial charge on any atom is 0.317 e. The lowest BCUT2D eigenvalue weighted by Gasteiger charge is -2.43. The molecule has 1 unspecified atom stereocenters. The molecule has 27 heavy (non-hydrogen) atoms. The summed E-state index contributed by atoms with van der Waals surface area (Å²) in [5.74, 6) is 0. The third-order valence-electron chi connectivity index (χ3n) is 6.29. The van der Waals surface area contributed by atoms with Gasteiger partial charge < -0.3 is 20.2 Å². The maximum atomic E-state index is 12.9. The van der Waals surface area contributed by atoms with Crippen molar-refractivity contribution >= 4 is 6.03 Å². The Labute approximate surface area is 163 Å². The minimum Gasteiger partial charge on any atom is -0.396 e. The van der Waals surface area contributed by atoms with Crippen molar-refractivity contribution in [3.8, 4) is 0 Å². The van der Waals surface area contributed by atoms with Crippen LogP contribution in [0.2, 0.25) is 0 Å². The van der Waals surface area contributed by atoms with Crippen molar-refractivity contribution in [1.82, 2.24) is 15.1 Å². The molecule has 2 saturated heterocycles. The molecule has 0 bridgehead atoms. The van der Waals surface area contributed by atoms with Crippen molar-refractivity contribution in [3.63, 3.8) is 0 Å². The summed E-state index contributed by atoms with van der Waals surface area (Å²) >= 11 is 0. The summed E-state index contributed by atoms with van der Waals surface area (Å²) in [6.07, 6.45) is 4.78. The molecular weight excluding hydrogens is 338 g/mol. The summed E-state index contributed by atoms with van der Waals surface area (Å²) in [4.78, 5) is 17.3. The van der Waals surface area contributed by atoms with Crippen LogP contribution in [0.25, 0.3) is 0 Å². The van der Waals surface area contributed by atoms with Gasteiger partial charge in [-0.3, -0.25) is 0 Å². The van der Waals surface area contributed by atoms with Gasteiger partial charge in [0.15, 0.2) is 0 Å². The molecule has 3 rings (SSSR count). The van der Waals surface area contributed by atoms with Gasteiger partial charge in [0.2, 0.25) is 0 Å². The number of nitrogens with one attached hydrogen (secondary N) is 1. The highest BCUT2D eigenvalue weighted by molar-refractivity contribution is 5.74. The molecule has 0 aliphatic carbocycles. The average Bonchev–Trinajstić information content (AvgIpc) is 2.69. The van der Waals surface area contributed by atoms with Crippen LogP contribution >= 0.6 is 0 Å². The van der Waals surface area contributed by atoms with Crippen LogP contribution in [0.3, 0.4) is 0 Å². The average molecular weight is 374 g/mol. The fourth-order valence-corrected chi connectivity index (χ4v) is 4.57. The lowest BCUT2D eigenvalue weighted by Crippen LogP contribution is -2.55. The Bertz CT molecular complexity index is 599. The zero-order chi connectivity index (χ0) is 19.3. The van der Waals surface area contributed by atoms with E-state index in [9.17, 15) is 9.90 Å². The molecule has 5 nitrogen and oxygen atoms in total. The quantitative estimate of drug-likeness (QED) is 0.834. The van der Waals surface area contributed by atoms with E-state index in [0.29, 0.717) is 12.6 Å². The Balaban J connectivity index is 1.56. The van der Waals surface area contributed by atoms with E-state index in [-0.39, 0.29) is 24.1 Å². The van der Waals surface area contributed by atoms with E-state index in [2.05, 4.69) is 36.2 Å². The van der Waals surface area contributed by atoms with Crippen LogP contribution in [0.5, 0.6) is 0 Å². The third kappa shape index (κ3) is 5.23. The second-order valence-corrected chi connectivity index (χ2v) is 8.70. The number of amides is 2. The topological polar surface area (TPSA) is 55.8 Å². The number of aliphatic hydroxyl groups excluding tert-OH is 1. The molecule has 0 saturated carbocycles. The summed E-state index contributed by atoms with van der Waals surface area (Å²) in [7, 11) is 0. The van der Waals surface area contributed by atoms with Gasteiger partial charge in [0.05, 0.1) is 6.61 Å². The Morgan fingerprint density at radius 1 is 1.22 bits per heavy atom. The highest BCUT2D eigenvalue weighted by Gasteiger charge is 2.37. The Kier molecular flexibility index (Phi) is 6.77. The number of urea groups is 1. The van der Waals surface area contributed by atoms with Crippen molar-refractivity contribution in [2.75, 3.05) is 32.8 Å². The second-order valence-electron chi connectivity index (χ2n) is 8.70. The fourth-order valence-electron chi connectivity index (χ4n) is 4.57. The predicted octanol–water partition coefficient (Wildman–Crippen LogP) is 2.89. The summed E-state index contributed by atoms with van der Waals surface area (Å²) in [6, 6.07) is 11.2. The number of carbonyl (C=O) groups is 1. The molecule has 2 aliphatic rings. The largest absolute Gasteiger partial charge is 0.396 e. The molecule has 0 spiro atoms. The minimum atomic E-state index is -0.224. The van der Waals surface area contributed by atoms with E-state index in [1.165, 1.54) is 5.56 Å². The third-order valence-corrected chi connectivity index (χ3v) is 6.29. The van der Waals surface area contributed by atoms with Gasteiger partial charge in [-0.05, 0) is 51.5 Å². The number of aliphatic hydroxyl groups is 1. The van der Waals surface area contributed by atoms with Gasteiger partial charge in [-0.2, -0.15) is 0 Å². The molecule has 2 heterocycles. The zero-order valence-electron chi connectivity index (χ0n) is 16.9. The number of likely N-dealkylation sites (tertiary alicyclic amines) is 2. The van der Waals surface area contributed by atoms with E-state index in [1.54, 1.807) is 0 Å². The molecule has 2 amide bonds. The van der Waals surface area contributed by atoms with Crippen molar-refractivity contribution in [2.45, 2.75) is 58.0 Å². The van der Waals surface area contributed by atoms with Crippen molar-refractivity contribution < 1.29 is 9.90 Å². The van der Waals surface area contributed by atoms with Crippen molar-refractivity contribution in [3.05, 3.63) is 35.9 Å². The summed E-state index contributed by atoms with van der Waals surface area (Å²) < 4.78 is 0. The highest BCUT2D eigenvalue weighted by Crippen LogP contribution is 2.33. The zero-order valence-corrected chi connectivity index (χ0v) is 16.9. The van der Waals surface area contributed by atoms with E-state index < -0.39 is 0 Å². The SMILES string of the molecule is CC(C)N1CCC(NC(=O)N2CCCC(CO)(Cc3ccccc3)C2)CC1. The summed E-state index contributed by atoms with van der Waals surface area (Å²) in [6.45, 7) is 8.11. The standard InChI is InChI=1S/C22H35N3O2/c1-18(2)24-13-9-20(10-14-24)23-21(27)25-12-6-11-22(16-25,17-26)15-19-7-4-3-5-8-19/h3-5,7-8,18,20,26H,6,9-17H2,1-2H3,(H,23,27). The molecule has 2 aliphatic heterocycles. The number of carbonyl (C=O) groups excluding carboxylic acids is 1. The Morgan fingerprint density at radius 2 is 1.93 bits per heavy atom. The van der Waals surface area contributed by atoms with Crippen molar-refractivity contribution in [1.29, 1.82) is 0 Å². The molecule has 1 aromatic carbocycles. The number of hydrogen-bond donors (Lipinski definition) is 2. The number of hydrogen-bond acceptors (Lipinski definition) is 3. The van der Waals surface area contributed by atoms with Crippen LogP contribution < -0.4 is 5.32 Å². The Hall–Kier alpha value is -1.59. The molecule has 1 atom stereocenters.